The zero-order valence-corrected chi connectivity index (χ0v) is 20.6. The molecule has 0 atom stereocenters. The number of ether oxygens (including phenoxy) is 1. The second-order valence-corrected chi connectivity index (χ2v) is 9.16. The summed E-state index contributed by atoms with van der Waals surface area (Å²) in [6.45, 7) is 0.0918. The molecule has 0 aliphatic rings. The topological polar surface area (TPSA) is 33.6 Å². The van der Waals surface area contributed by atoms with Crippen LogP contribution in [0.2, 0.25) is 0 Å². The van der Waals surface area contributed by atoms with E-state index < -0.39 is 18.1 Å². The molecular formula is C21H13F7I2N2O. The van der Waals surface area contributed by atoms with E-state index in [0.717, 1.165) is 16.3 Å². The van der Waals surface area contributed by atoms with E-state index in [1.807, 2.05) is 87.6 Å². The Bertz CT molecular complexity index is 1180. The summed E-state index contributed by atoms with van der Waals surface area (Å²) in [5.74, 6) is -6.11. The minimum absolute atomic E-state index is 0.0918. The smallest absolute Gasteiger partial charge is 0.462 e. The molecule has 0 aliphatic heterocycles. The van der Waals surface area contributed by atoms with E-state index in [2.05, 4.69) is 5.10 Å². The molecule has 0 aliphatic carbocycles. The first-order valence-electron chi connectivity index (χ1n) is 9.04. The van der Waals surface area contributed by atoms with Crippen LogP contribution in [0.25, 0.3) is 10.8 Å². The highest BCUT2D eigenvalue weighted by atomic mass is 127. The number of hydrogen-bond donors (Lipinski definition) is 1. The summed E-state index contributed by atoms with van der Waals surface area (Å²) in [6.07, 6.45) is -5.74. The average Bonchev–Trinajstić information content (AvgIpc) is 2.72. The van der Waals surface area contributed by atoms with Gasteiger partial charge in [-0.1, -0.05) is 42.5 Å². The summed E-state index contributed by atoms with van der Waals surface area (Å²) in [4.78, 5) is 0. The van der Waals surface area contributed by atoms with Crippen LogP contribution >= 0.6 is 45.2 Å². The van der Waals surface area contributed by atoms with Crippen molar-refractivity contribution >= 4 is 62.2 Å². The number of nitrogens with zero attached hydrogens (tertiary/aromatic N) is 1. The van der Waals surface area contributed by atoms with Crippen LogP contribution in [0.5, 0.6) is 5.75 Å². The van der Waals surface area contributed by atoms with Crippen molar-refractivity contribution in [1.29, 1.82) is 0 Å². The van der Waals surface area contributed by atoms with E-state index in [0.29, 0.717) is 18.8 Å². The summed E-state index contributed by atoms with van der Waals surface area (Å²) in [6, 6.07) is 10.7. The van der Waals surface area contributed by atoms with Gasteiger partial charge in [-0.2, -0.15) is 35.8 Å². The van der Waals surface area contributed by atoms with Gasteiger partial charge in [-0.15, -0.1) is 0 Å². The maximum Gasteiger partial charge on any atom is 0.462 e. The molecule has 0 saturated heterocycles. The Hall–Kier alpha value is -1.84. The third-order valence-corrected chi connectivity index (χ3v) is 5.87. The lowest BCUT2D eigenvalue weighted by Gasteiger charge is -2.27. The van der Waals surface area contributed by atoms with Gasteiger partial charge in [0.05, 0.1) is 9.78 Å². The van der Waals surface area contributed by atoms with Gasteiger partial charge in [0.25, 0.3) is 0 Å². The first kappa shape index (κ1) is 25.8. The third-order valence-electron chi connectivity index (χ3n) is 4.45. The average molecular weight is 696 g/mol. The molecule has 0 radical (unpaired) electrons. The number of benzene rings is 3. The zero-order chi connectivity index (χ0) is 24.4. The maximum absolute atomic E-state index is 13.4. The fourth-order valence-corrected chi connectivity index (χ4v) is 4.87. The Balaban J connectivity index is 1.85. The number of nitrogens with one attached hydrogen (secondary N) is 1. The number of rotatable bonds is 7. The fourth-order valence-electron chi connectivity index (χ4n) is 2.83. The van der Waals surface area contributed by atoms with Crippen molar-refractivity contribution in [3.8, 4) is 5.75 Å². The summed E-state index contributed by atoms with van der Waals surface area (Å²) in [7, 11) is 0. The lowest BCUT2D eigenvalue weighted by atomic mass is 10.1. The molecule has 33 heavy (non-hydrogen) atoms. The molecule has 12 heteroatoms. The molecule has 1 N–H and O–H groups in total. The molecule has 176 valence electrons. The van der Waals surface area contributed by atoms with Gasteiger partial charge in [0.1, 0.15) is 12.4 Å². The molecule has 0 unspecified atom stereocenters. The van der Waals surface area contributed by atoms with Gasteiger partial charge in [-0.05, 0) is 73.7 Å². The van der Waals surface area contributed by atoms with E-state index in [-0.39, 0.29) is 17.9 Å². The maximum atomic E-state index is 13.4. The zero-order valence-electron chi connectivity index (χ0n) is 16.2. The Labute approximate surface area is 210 Å². The Morgan fingerprint density at radius 2 is 1.58 bits per heavy atom. The van der Waals surface area contributed by atoms with Crippen molar-refractivity contribution in [3.05, 3.63) is 72.9 Å². The molecule has 3 nitrogen and oxygen atoms in total. The minimum atomic E-state index is -6.46. The number of hydrazone groups is 1. The summed E-state index contributed by atoms with van der Waals surface area (Å²) in [5.41, 5.74) is 1.57. The number of hydrogen-bond acceptors (Lipinski definition) is 3. The summed E-state index contributed by atoms with van der Waals surface area (Å²) < 4.78 is 96.9. The van der Waals surface area contributed by atoms with Gasteiger partial charge in [0.15, 0.2) is 0 Å². The number of fused-ring (bicyclic) bond motifs is 1. The van der Waals surface area contributed by atoms with Crippen molar-refractivity contribution in [3.63, 3.8) is 0 Å². The summed E-state index contributed by atoms with van der Waals surface area (Å²) in [5, 5.41) is 4.87. The van der Waals surface area contributed by atoms with Crippen LogP contribution in [0.15, 0.2) is 59.7 Å². The fraction of sp³-hybridized carbons (Fsp3) is 0.190. The van der Waals surface area contributed by atoms with Gasteiger partial charge in [0.2, 0.25) is 0 Å². The Kier molecular flexibility index (Phi) is 7.65. The Morgan fingerprint density at radius 1 is 0.909 bits per heavy atom. The molecular weight excluding hydrogens is 683 g/mol. The van der Waals surface area contributed by atoms with Crippen LogP contribution in [0, 0.1) is 7.14 Å². The molecule has 0 spiro atoms. The monoisotopic (exact) mass is 696 g/mol. The predicted octanol–water partition coefficient (Wildman–Crippen LogP) is 7.34. The minimum Gasteiger partial charge on any atom is -0.487 e. The molecule has 3 aromatic rings. The van der Waals surface area contributed by atoms with Gasteiger partial charge in [-0.3, -0.25) is 0 Å². The van der Waals surface area contributed by atoms with E-state index in [4.69, 9.17) is 4.74 Å². The highest BCUT2D eigenvalue weighted by Gasteiger charge is 2.73. The van der Waals surface area contributed by atoms with Crippen LogP contribution in [0.3, 0.4) is 0 Å². The van der Waals surface area contributed by atoms with Crippen molar-refractivity contribution < 1.29 is 35.5 Å². The van der Waals surface area contributed by atoms with Gasteiger partial charge >= 0.3 is 18.1 Å². The van der Waals surface area contributed by atoms with Gasteiger partial charge in [-0.25, -0.2) is 5.43 Å². The largest absolute Gasteiger partial charge is 0.487 e. The van der Waals surface area contributed by atoms with E-state index in [1.165, 1.54) is 6.07 Å². The SMILES string of the molecule is FC(F)(F)C(F)(F)C(F)(F)N/N=C\c1cc(I)cc(I)c1OCc1cccc2ccccc12. The molecule has 0 heterocycles. The standard InChI is InChI=1S/C21H13F7I2N2O/c22-19(23,20(24,25)26)21(27,28)32-31-10-14-8-15(29)9-17(30)18(14)33-11-13-6-3-5-12-4-1-2-7-16(12)13/h1-10,32H,11H2/b31-10-. The van der Waals surface area contributed by atoms with Crippen molar-refractivity contribution in [2.24, 2.45) is 5.10 Å². The van der Waals surface area contributed by atoms with Crippen LogP contribution in [0.1, 0.15) is 11.1 Å². The van der Waals surface area contributed by atoms with Crippen molar-refractivity contribution in [2.45, 2.75) is 24.8 Å². The first-order chi connectivity index (χ1) is 15.3. The first-order valence-corrected chi connectivity index (χ1v) is 11.2. The number of halogens is 9. The van der Waals surface area contributed by atoms with E-state index >= 15 is 0 Å². The third kappa shape index (κ3) is 5.63. The van der Waals surface area contributed by atoms with Gasteiger partial charge in [0, 0.05) is 9.13 Å². The normalized spacial score (nSPS) is 13.0. The second-order valence-electron chi connectivity index (χ2n) is 6.75. The highest BCUT2D eigenvalue weighted by molar-refractivity contribution is 14.1. The van der Waals surface area contributed by atoms with Crippen LogP contribution in [-0.2, 0) is 6.61 Å². The molecule has 3 rings (SSSR count). The molecule has 0 aromatic heterocycles. The quantitative estimate of drug-likeness (QED) is 0.0923. The molecule has 0 fully saturated rings. The molecule has 0 amide bonds. The highest BCUT2D eigenvalue weighted by Crippen LogP contribution is 2.45. The van der Waals surface area contributed by atoms with Crippen LogP contribution in [-0.4, -0.2) is 24.4 Å². The van der Waals surface area contributed by atoms with Crippen molar-refractivity contribution in [1.82, 2.24) is 5.43 Å². The molecule has 3 aromatic carbocycles. The van der Waals surface area contributed by atoms with Gasteiger partial charge < -0.3 is 4.74 Å². The van der Waals surface area contributed by atoms with E-state index in [9.17, 15) is 30.7 Å². The molecule has 0 bridgehead atoms. The lowest BCUT2D eigenvalue weighted by molar-refractivity contribution is -0.361. The number of alkyl halides is 7. The Morgan fingerprint density at radius 3 is 2.27 bits per heavy atom. The molecule has 0 saturated carbocycles. The van der Waals surface area contributed by atoms with Crippen LogP contribution < -0.4 is 10.2 Å². The summed E-state index contributed by atoms with van der Waals surface area (Å²) >= 11 is 3.87. The van der Waals surface area contributed by atoms with Crippen LogP contribution in [0.4, 0.5) is 30.7 Å². The lowest BCUT2D eigenvalue weighted by Crippen LogP contribution is -2.58. The van der Waals surface area contributed by atoms with Crippen molar-refractivity contribution in [2.75, 3.05) is 0 Å². The van der Waals surface area contributed by atoms with E-state index in [1.54, 1.807) is 6.07 Å². The predicted molar refractivity (Wildman–Crippen MR) is 127 cm³/mol. The second kappa shape index (κ2) is 9.80.